The number of rotatable bonds is 3. The first kappa shape index (κ1) is 13.4. The fraction of sp³-hybridized carbons (Fsp3) is 0. The number of hydrogen-bond acceptors (Lipinski definition) is 4. The Morgan fingerprint density at radius 1 is 1.10 bits per heavy atom. The zero-order valence-electron chi connectivity index (χ0n) is 9.93. The van der Waals surface area contributed by atoms with Crippen LogP contribution >= 0.6 is 0 Å². The van der Waals surface area contributed by atoms with Gasteiger partial charge in [0.15, 0.2) is 0 Å². The first-order valence-electron chi connectivity index (χ1n) is 5.43. The summed E-state index contributed by atoms with van der Waals surface area (Å²) in [5.74, 6) is -1.79. The fourth-order valence-electron chi connectivity index (χ4n) is 1.69. The third-order valence-electron chi connectivity index (χ3n) is 2.56. The predicted molar refractivity (Wildman–Crippen MR) is 67.5 cm³/mol. The zero-order chi connectivity index (χ0) is 14.7. The van der Waals surface area contributed by atoms with E-state index in [-0.39, 0.29) is 16.9 Å². The zero-order valence-corrected chi connectivity index (χ0v) is 9.93. The van der Waals surface area contributed by atoms with Crippen LogP contribution in [0.4, 0.5) is 25.8 Å². The van der Waals surface area contributed by atoms with E-state index in [0.29, 0.717) is 0 Å². The average Bonchev–Trinajstić information content (AvgIpc) is 2.38. The van der Waals surface area contributed by atoms with Crippen molar-refractivity contribution in [2.24, 2.45) is 0 Å². The first-order chi connectivity index (χ1) is 9.54. The van der Waals surface area contributed by atoms with Gasteiger partial charge < -0.3 is 5.32 Å². The van der Waals surface area contributed by atoms with Gasteiger partial charge in [0.25, 0.3) is 0 Å². The number of anilines is 2. The molecule has 0 saturated carbocycles. The lowest BCUT2D eigenvalue weighted by Crippen LogP contribution is -2.01. The van der Waals surface area contributed by atoms with Crippen molar-refractivity contribution < 1.29 is 13.7 Å². The second-order valence-electron chi connectivity index (χ2n) is 3.79. The summed E-state index contributed by atoms with van der Waals surface area (Å²) in [6.45, 7) is 0. The topological polar surface area (TPSA) is 79.0 Å². The van der Waals surface area contributed by atoms with Crippen LogP contribution in [0.1, 0.15) is 5.56 Å². The molecular formula is C13H7F2N3O2. The molecule has 2 aromatic carbocycles. The molecule has 0 heterocycles. The smallest absolute Gasteiger partial charge is 0.327 e. The summed E-state index contributed by atoms with van der Waals surface area (Å²) in [6.07, 6.45) is 0. The first-order valence-corrected chi connectivity index (χ1v) is 5.43. The van der Waals surface area contributed by atoms with E-state index in [9.17, 15) is 18.9 Å². The lowest BCUT2D eigenvalue weighted by Gasteiger charge is -2.09. The third kappa shape index (κ3) is 2.40. The van der Waals surface area contributed by atoms with Gasteiger partial charge in [-0.05, 0) is 24.3 Å². The Morgan fingerprint density at radius 2 is 1.70 bits per heavy atom. The monoisotopic (exact) mass is 275 g/mol. The van der Waals surface area contributed by atoms with Crippen molar-refractivity contribution >= 4 is 17.1 Å². The molecule has 100 valence electrons. The number of para-hydroxylation sites is 1. The molecule has 0 aromatic heterocycles. The minimum atomic E-state index is -1.02. The molecule has 0 atom stereocenters. The molecular weight excluding hydrogens is 268 g/mol. The molecule has 2 aromatic rings. The maximum Gasteiger partial charge on any atom is 0.327 e. The van der Waals surface area contributed by atoms with E-state index in [0.717, 1.165) is 12.1 Å². The Bertz CT molecular complexity index is 726. The maximum absolute atomic E-state index is 13.4. The van der Waals surface area contributed by atoms with Gasteiger partial charge in [0.1, 0.15) is 23.1 Å². The molecule has 0 aliphatic heterocycles. The summed E-state index contributed by atoms with van der Waals surface area (Å²) in [6, 6.07) is 8.93. The van der Waals surface area contributed by atoms with Crippen LogP contribution in [-0.4, -0.2) is 4.92 Å². The van der Waals surface area contributed by atoms with Crippen LogP contribution in [0.25, 0.3) is 0 Å². The van der Waals surface area contributed by atoms with Crippen molar-refractivity contribution in [1.29, 1.82) is 5.26 Å². The Balaban J connectivity index is 2.52. The number of nitro benzene ring substituents is 1. The molecule has 0 bridgehead atoms. The van der Waals surface area contributed by atoms with Crippen molar-refractivity contribution in [2.45, 2.75) is 0 Å². The van der Waals surface area contributed by atoms with E-state index in [1.54, 1.807) is 6.07 Å². The van der Waals surface area contributed by atoms with E-state index in [1.165, 1.54) is 24.3 Å². The summed E-state index contributed by atoms with van der Waals surface area (Å²) >= 11 is 0. The number of hydrogen-bond donors (Lipinski definition) is 1. The number of halogens is 2. The van der Waals surface area contributed by atoms with E-state index in [4.69, 9.17) is 5.26 Å². The summed E-state index contributed by atoms with van der Waals surface area (Å²) in [5, 5.41) is 22.2. The van der Waals surface area contributed by atoms with Crippen LogP contribution in [0, 0.1) is 33.1 Å². The Kier molecular flexibility index (Phi) is 3.57. The lowest BCUT2D eigenvalue weighted by molar-refractivity contribution is -0.386. The molecule has 1 N–H and O–H groups in total. The van der Waals surface area contributed by atoms with Gasteiger partial charge in [-0.3, -0.25) is 10.1 Å². The highest BCUT2D eigenvalue weighted by Crippen LogP contribution is 2.31. The van der Waals surface area contributed by atoms with Gasteiger partial charge in [0.2, 0.25) is 5.82 Å². The molecule has 20 heavy (non-hydrogen) atoms. The lowest BCUT2D eigenvalue weighted by atomic mass is 10.1. The van der Waals surface area contributed by atoms with Crippen molar-refractivity contribution in [3.8, 4) is 6.07 Å². The van der Waals surface area contributed by atoms with E-state index in [2.05, 4.69) is 5.32 Å². The third-order valence-corrected chi connectivity index (χ3v) is 2.56. The van der Waals surface area contributed by atoms with Crippen molar-refractivity contribution in [1.82, 2.24) is 0 Å². The van der Waals surface area contributed by atoms with Crippen LogP contribution in [-0.2, 0) is 0 Å². The van der Waals surface area contributed by atoms with E-state index in [1.807, 2.05) is 0 Å². The predicted octanol–water partition coefficient (Wildman–Crippen LogP) is 3.49. The van der Waals surface area contributed by atoms with Gasteiger partial charge in [-0.1, -0.05) is 12.1 Å². The molecule has 7 heteroatoms. The fourth-order valence-corrected chi connectivity index (χ4v) is 1.69. The van der Waals surface area contributed by atoms with Gasteiger partial charge in [-0.25, -0.2) is 4.39 Å². The second kappa shape index (κ2) is 5.32. The minimum absolute atomic E-state index is 0.0289. The molecule has 5 nitrogen and oxygen atoms in total. The largest absolute Gasteiger partial charge is 0.349 e. The summed E-state index contributed by atoms with van der Waals surface area (Å²) < 4.78 is 26.9. The van der Waals surface area contributed by atoms with Crippen molar-refractivity contribution in [3.05, 3.63) is 63.7 Å². The summed E-state index contributed by atoms with van der Waals surface area (Å²) in [7, 11) is 0. The van der Waals surface area contributed by atoms with Crippen LogP contribution < -0.4 is 5.32 Å². The SMILES string of the molecule is N#Cc1c(F)cccc1Nc1cccc(F)c1[N+](=O)[O-]. The van der Waals surface area contributed by atoms with Gasteiger partial charge in [-0.2, -0.15) is 9.65 Å². The molecule has 0 aliphatic rings. The van der Waals surface area contributed by atoms with Gasteiger partial charge in [0.05, 0.1) is 10.6 Å². The maximum atomic E-state index is 13.4. The Hall–Kier alpha value is -3.01. The van der Waals surface area contributed by atoms with Crippen molar-refractivity contribution in [2.75, 3.05) is 5.32 Å². The average molecular weight is 275 g/mol. The molecule has 0 saturated heterocycles. The second-order valence-corrected chi connectivity index (χ2v) is 3.79. The Labute approximate surface area is 112 Å². The van der Waals surface area contributed by atoms with Gasteiger partial charge >= 0.3 is 5.69 Å². The highest BCUT2D eigenvalue weighted by molar-refractivity contribution is 5.73. The molecule has 0 radical (unpaired) electrons. The summed E-state index contributed by atoms with van der Waals surface area (Å²) in [4.78, 5) is 9.95. The normalized spacial score (nSPS) is 9.85. The van der Waals surface area contributed by atoms with Gasteiger partial charge in [0, 0.05) is 0 Å². The standard InChI is InChI=1S/C13H7F2N3O2/c14-9-3-1-5-11(8(9)7-16)17-12-6-2-4-10(15)13(12)18(19)20/h1-6,17H. The van der Waals surface area contributed by atoms with Crippen LogP contribution in [0.3, 0.4) is 0 Å². The highest BCUT2D eigenvalue weighted by atomic mass is 19.1. The summed E-state index contributed by atoms with van der Waals surface area (Å²) in [5.41, 5.74) is -1.19. The molecule has 0 spiro atoms. The van der Waals surface area contributed by atoms with E-state index < -0.39 is 22.2 Å². The molecule has 0 aliphatic carbocycles. The Morgan fingerprint density at radius 3 is 2.30 bits per heavy atom. The van der Waals surface area contributed by atoms with Crippen LogP contribution in [0.2, 0.25) is 0 Å². The minimum Gasteiger partial charge on any atom is -0.349 e. The molecule has 2 rings (SSSR count). The van der Waals surface area contributed by atoms with E-state index >= 15 is 0 Å². The number of nitrogens with one attached hydrogen (secondary N) is 1. The van der Waals surface area contributed by atoms with Crippen LogP contribution in [0.15, 0.2) is 36.4 Å². The number of nitriles is 1. The molecule has 0 amide bonds. The quantitative estimate of drug-likeness (QED) is 0.687. The number of nitrogens with zero attached hydrogens (tertiary/aromatic N) is 2. The van der Waals surface area contributed by atoms with Gasteiger partial charge in [-0.15, -0.1) is 0 Å². The number of benzene rings is 2. The van der Waals surface area contributed by atoms with Crippen molar-refractivity contribution in [3.63, 3.8) is 0 Å². The molecule has 0 unspecified atom stereocenters. The molecule has 0 fully saturated rings. The highest BCUT2D eigenvalue weighted by Gasteiger charge is 2.21. The number of nitro groups is 1. The van der Waals surface area contributed by atoms with Crippen LogP contribution in [0.5, 0.6) is 0 Å².